The Kier molecular flexibility index (Phi) is 4.60. The maximum atomic E-state index is 11.8. The van der Waals surface area contributed by atoms with E-state index < -0.39 is 0 Å². The number of hydrogen-bond acceptors (Lipinski definition) is 3. The Morgan fingerprint density at radius 2 is 2.20 bits per heavy atom. The Balaban J connectivity index is 1.95. The summed E-state index contributed by atoms with van der Waals surface area (Å²) < 4.78 is 10.4. The lowest BCUT2D eigenvalue weighted by molar-refractivity contribution is -0.117. The molecule has 0 saturated heterocycles. The molecule has 0 saturated carbocycles. The quantitative estimate of drug-likeness (QED) is 0.850. The van der Waals surface area contributed by atoms with Crippen molar-refractivity contribution in [3.8, 4) is 5.75 Å². The summed E-state index contributed by atoms with van der Waals surface area (Å²) in [6.45, 7) is 1.87. The van der Waals surface area contributed by atoms with Gasteiger partial charge in [0.2, 0.25) is 5.91 Å². The fourth-order valence-corrected chi connectivity index (χ4v) is 1.79. The number of hydrogen-bond donors (Lipinski definition) is 1. The standard InChI is InChI=1S/C16H17NO3/c1-12(15-7-4-10-20-15)17-16(18)9-8-13-5-3-6-14(11-13)19-2/h3-12H,1-2H3,(H,17,18)/b9-8+. The maximum Gasteiger partial charge on any atom is 0.244 e. The first-order chi connectivity index (χ1) is 9.69. The molecule has 2 rings (SSSR count). The minimum Gasteiger partial charge on any atom is -0.497 e. The maximum absolute atomic E-state index is 11.8. The minimum absolute atomic E-state index is 0.160. The molecule has 0 fully saturated rings. The monoisotopic (exact) mass is 271 g/mol. The molecule has 1 atom stereocenters. The van der Waals surface area contributed by atoms with Gasteiger partial charge in [0, 0.05) is 6.08 Å². The van der Waals surface area contributed by atoms with Crippen LogP contribution in [0.5, 0.6) is 5.75 Å². The number of ether oxygens (including phenoxy) is 1. The van der Waals surface area contributed by atoms with E-state index in [4.69, 9.17) is 9.15 Å². The number of nitrogens with one attached hydrogen (secondary N) is 1. The van der Waals surface area contributed by atoms with Gasteiger partial charge in [0.05, 0.1) is 19.4 Å². The van der Waals surface area contributed by atoms with Crippen molar-refractivity contribution in [2.75, 3.05) is 7.11 Å². The highest BCUT2D eigenvalue weighted by atomic mass is 16.5. The van der Waals surface area contributed by atoms with Gasteiger partial charge in [-0.05, 0) is 42.8 Å². The molecule has 1 aromatic carbocycles. The normalized spacial score (nSPS) is 12.3. The molecule has 0 spiro atoms. The van der Waals surface area contributed by atoms with Crippen molar-refractivity contribution in [3.63, 3.8) is 0 Å². The summed E-state index contributed by atoms with van der Waals surface area (Å²) in [6, 6.07) is 11.0. The van der Waals surface area contributed by atoms with Gasteiger partial charge in [0.1, 0.15) is 11.5 Å². The Bertz CT molecular complexity index is 588. The molecule has 2 aromatic rings. The first kappa shape index (κ1) is 13.9. The summed E-state index contributed by atoms with van der Waals surface area (Å²) in [6.07, 6.45) is 4.82. The fourth-order valence-electron chi connectivity index (χ4n) is 1.79. The summed E-state index contributed by atoms with van der Waals surface area (Å²) >= 11 is 0. The molecule has 0 bridgehead atoms. The molecular weight excluding hydrogens is 254 g/mol. The van der Waals surface area contributed by atoms with Crippen molar-refractivity contribution in [1.29, 1.82) is 0 Å². The van der Waals surface area contributed by atoms with Crippen LogP contribution < -0.4 is 10.1 Å². The lowest BCUT2D eigenvalue weighted by atomic mass is 10.2. The lowest BCUT2D eigenvalue weighted by Gasteiger charge is -2.08. The van der Waals surface area contributed by atoms with Crippen LogP contribution in [0.1, 0.15) is 24.3 Å². The third kappa shape index (κ3) is 3.75. The summed E-state index contributed by atoms with van der Waals surface area (Å²) in [5, 5.41) is 2.83. The number of benzene rings is 1. The largest absolute Gasteiger partial charge is 0.497 e. The van der Waals surface area contributed by atoms with Gasteiger partial charge in [0.15, 0.2) is 0 Å². The number of carbonyl (C=O) groups excluding carboxylic acids is 1. The van der Waals surface area contributed by atoms with Crippen LogP contribution in [0.25, 0.3) is 6.08 Å². The molecule has 0 aliphatic carbocycles. The van der Waals surface area contributed by atoms with E-state index in [0.29, 0.717) is 0 Å². The molecule has 1 heterocycles. The predicted molar refractivity (Wildman–Crippen MR) is 77.3 cm³/mol. The number of amides is 1. The summed E-state index contributed by atoms with van der Waals surface area (Å²) in [5.41, 5.74) is 0.908. The van der Waals surface area contributed by atoms with Crippen molar-refractivity contribution in [3.05, 3.63) is 60.1 Å². The van der Waals surface area contributed by atoms with Crippen LogP contribution in [0.4, 0.5) is 0 Å². The Labute approximate surface area is 118 Å². The van der Waals surface area contributed by atoms with Gasteiger partial charge in [-0.25, -0.2) is 0 Å². The van der Waals surface area contributed by atoms with Crippen LogP contribution in [-0.4, -0.2) is 13.0 Å². The number of rotatable bonds is 5. The third-order valence-corrected chi connectivity index (χ3v) is 2.85. The molecule has 4 nitrogen and oxygen atoms in total. The average Bonchev–Trinajstić information content (AvgIpc) is 2.99. The van der Waals surface area contributed by atoms with Crippen molar-refractivity contribution >= 4 is 12.0 Å². The topological polar surface area (TPSA) is 51.5 Å². The van der Waals surface area contributed by atoms with Crippen molar-refractivity contribution in [2.24, 2.45) is 0 Å². The first-order valence-corrected chi connectivity index (χ1v) is 6.35. The second-order valence-electron chi connectivity index (χ2n) is 4.36. The van der Waals surface area contributed by atoms with Crippen LogP contribution in [0.2, 0.25) is 0 Å². The molecule has 1 unspecified atom stereocenters. The predicted octanol–water partition coefficient (Wildman–Crippen LogP) is 3.18. The minimum atomic E-state index is -0.170. The van der Waals surface area contributed by atoms with E-state index in [1.807, 2.05) is 37.3 Å². The highest BCUT2D eigenvalue weighted by Gasteiger charge is 2.09. The Morgan fingerprint density at radius 3 is 2.90 bits per heavy atom. The summed E-state index contributed by atoms with van der Waals surface area (Å²) in [7, 11) is 1.61. The van der Waals surface area contributed by atoms with E-state index in [2.05, 4.69) is 5.32 Å². The molecule has 0 aliphatic rings. The molecular formula is C16H17NO3. The van der Waals surface area contributed by atoms with Gasteiger partial charge < -0.3 is 14.5 Å². The van der Waals surface area contributed by atoms with Gasteiger partial charge in [-0.1, -0.05) is 12.1 Å². The zero-order valence-electron chi connectivity index (χ0n) is 11.5. The zero-order valence-corrected chi connectivity index (χ0v) is 11.5. The van der Waals surface area contributed by atoms with Crippen molar-refractivity contribution in [2.45, 2.75) is 13.0 Å². The van der Waals surface area contributed by atoms with E-state index in [9.17, 15) is 4.79 Å². The molecule has 1 N–H and O–H groups in total. The molecule has 104 valence electrons. The number of methoxy groups -OCH3 is 1. The fraction of sp³-hybridized carbons (Fsp3) is 0.188. The smallest absolute Gasteiger partial charge is 0.244 e. The van der Waals surface area contributed by atoms with E-state index in [1.54, 1.807) is 25.5 Å². The highest BCUT2D eigenvalue weighted by molar-refractivity contribution is 5.91. The van der Waals surface area contributed by atoms with Crippen LogP contribution in [0.15, 0.2) is 53.2 Å². The SMILES string of the molecule is COc1cccc(/C=C/C(=O)NC(C)c2ccco2)c1. The van der Waals surface area contributed by atoms with E-state index in [0.717, 1.165) is 17.1 Å². The van der Waals surface area contributed by atoms with Crippen molar-refractivity contribution < 1.29 is 13.9 Å². The summed E-state index contributed by atoms with van der Waals surface area (Å²) in [5.74, 6) is 1.32. The highest BCUT2D eigenvalue weighted by Crippen LogP contribution is 2.14. The van der Waals surface area contributed by atoms with E-state index in [-0.39, 0.29) is 11.9 Å². The van der Waals surface area contributed by atoms with E-state index >= 15 is 0 Å². The number of carbonyl (C=O) groups is 1. The number of furan rings is 1. The molecule has 1 amide bonds. The molecule has 20 heavy (non-hydrogen) atoms. The van der Waals surface area contributed by atoms with Crippen LogP contribution in [-0.2, 0) is 4.79 Å². The Morgan fingerprint density at radius 1 is 1.35 bits per heavy atom. The van der Waals surface area contributed by atoms with Crippen LogP contribution in [0, 0.1) is 0 Å². The Hall–Kier alpha value is -2.49. The zero-order chi connectivity index (χ0) is 14.4. The second kappa shape index (κ2) is 6.61. The van der Waals surface area contributed by atoms with Gasteiger partial charge in [-0.2, -0.15) is 0 Å². The van der Waals surface area contributed by atoms with Gasteiger partial charge >= 0.3 is 0 Å². The molecule has 1 aromatic heterocycles. The van der Waals surface area contributed by atoms with E-state index in [1.165, 1.54) is 6.08 Å². The second-order valence-corrected chi connectivity index (χ2v) is 4.36. The third-order valence-electron chi connectivity index (χ3n) is 2.85. The molecule has 0 radical (unpaired) electrons. The van der Waals surface area contributed by atoms with Crippen molar-refractivity contribution in [1.82, 2.24) is 5.32 Å². The summed E-state index contributed by atoms with van der Waals surface area (Å²) in [4.78, 5) is 11.8. The van der Waals surface area contributed by atoms with Crippen LogP contribution >= 0.6 is 0 Å². The molecule has 4 heteroatoms. The van der Waals surface area contributed by atoms with Gasteiger partial charge in [0.25, 0.3) is 0 Å². The van der Waals surface area contributed by atoms with Gasteiger partial charge in [-0.3, -0.25) is 4.79 Å². The van der Waals surface area contributed by atoms with Gasteiger partial charge in [-0.15, -0.1) is 0 Å². The molecule has 0 aliphatic heterocycles. The average molecular weight is 271 g/mol. The van der Waals surface area contributed by atoms with Crippen LogP contribution in [0.3, 0.4) is 0 Å². The lowest BCUT2D eigenvalue weighted by Crippen LogP contribution is -2.24. The first-order valence-electron chi connectivity index (χ1n) is 6.35.